The molecule has 0 amide bonds. The van der Waals surface area contributed by atoms with Crippen LogP contribution in [-0.2, 0) is 6.54 Å². The third-order valence-corrected chi connectivity index (χ3v) is 5.20. The average Bonchev–Trinajstić information content (AvgIpc) is 3.09. The fourth-order valence-corrected chi connectivity index (χ4v) is 3.70. The van der Waals surface area contributed by atoms with Gasteiger partial charge in [0.05, 0.1) is 13.2 Å². The highest BCUT2D eigenvalue weighted by Gasteiger charge is 2.20. The minimum Gasteiger partial charge on any atom is -0.497 e. The van der Waals surface area contributed by atoms with Crippen molar-refractivity contribution in [3.8, 4) is 5.75 Å². The SMILES string of the molecule is COc1cccc(C(O)CN2CCN(Cc3cccs3)CC2)c1. The van der Waals surface area contributed by atoms with E-state index < -0.39 is 6.10 Å². The summed E-state index contributed by atoms with van der Waals surface area (Å²) in [6.45, 7) is 5.86. The van der Waals surface area contributed by atoms with Crippen molar-refractivity contribution in [1.82, 2.24) is 9.80 Å². The molecule has 5 heteroatoms. The maximum Gasteiger partial charge on any atom is 0.119 e. The number of aliphatic hydroxyl groups is 1. The Morgan fingerprint density at radius 2 is 1.91 bits per heavy atom. The first-order valence-corrected chi connectivity index (χ1v) is 8.91. The highest BCUT2D eigenvalue weighted by Crippen LogP contribution is 2.21. The van der Waals surface area contributed by atoms with Gasteiger partial charge in [-0.3, -0.25) is 9.80 Å². The molecule has 0 spiro atoms. The smallest absolute Gasteiger partial charge is 0.119 e. The Morgan fingerprint density at radius 1 is 1.13 bits per heavy atom. The van der Waals surface area contributed by atoms with E-state index in [1.54, 1.807) is 7.11 Å². The number of methoxy groups -OCH3 is 1. The van der Waals surface area contributed by atoms with Crippen LogP contribution >= 0.6 is 11.3 Å². The van der Waals surface area contributed by atoms with E-state index in [-0.39, 0.29) is 0 Å². The Hall–Kier alpha value is -1.40. The summed E-state index contributed by atoms with van der Waals surface area (Å²) >= 11 is 1.82. The van der Waals surface area contributed by atoms with Gasteiger partial charge in [0.1, 0.15) is 5.75 Å². The van der Waals surface area contributed by atoms with Crippen LogP contribution in [-0.4, -0.2) is 54.7 Å². The van der Waals surface area contributed by atoms with Crippen molar-refractivity contribution in [1.29, 1.82) is 0 Å². The Kier molecular flexibility index (Phi) is 5.67. The van der Waals surface area contributed by atoms with Crippen molar-refractivity contribution in [2.45, 2.75) is 12.6 Å². The van der Waals surface area contributed by atoms with Gasteiger partial charge in [-0.25, -0.2) is 0 Å². The highest BCUT2D eigenvalue weighted by atomic mass is 32.1. The minimum absolute atomic E-state index is 0.464. The topological polar surface area (TPSA) is 35.9 Å². The lowest BCUT2D eigenvalue weighted by atomic mass is 10.1. The molecule has 4 nitrogen and oxygen atoms in total. The van der Waals surface area contributed by atoms with E-state index >= 15 is 0 Å². The van der Waals surface area contributed by atoms with Crippen LogP contribution in [0.4, 0.5) is 0 Å². The van der Waals surface area contributed by atoms with Crippen molar-refractivity contribution in [3.63, 3.8) is 0 Å². The Labute approximate surface area is 141 Å². The van der Waals surface area contributed by atoms with Gasteiger partial charge >= 0.3 is 0 Å². The van der Waals surface area contributed by atoms with Crippen LogP contribution in [0.3, 0.4) is 0 Å². The first-order valence-electron chi connectivity index (χ1n) is 8.03. The molecule has 0 radical (unpaired) electrons. The molecule has 124 valence electrons. The number of thiophene rings is 1. The first kappa shape index (κ1) is 16.5. The molecule has 1 aliphatic heterocycles. The van der Waals surface area contributed by atoms with Gasteiger partial charge in [0.25, 0.3) is 0 Å². The number of aliphatic hydroxyl groups excluding tert-OH is 1. The Morgan fingerprint density at radius 3 is 2.61 bits per heavy atom. The van der Waals surface area contributed by atoms with Gasteiger partial charge in [0.2, 0.25) is 0 Å². The molecule has 0 bridgehead atoms. The summed E-state index contributed by atoms with van der Waals surface area (Å²) in [5, 5.41) is 12.6. The molecule has 1 aromatic heterocycles. The number of β-amino-alcohol motifs (C(OH)–C–C–N with tert-alkyl or cyclic N) is 1. The molecule has 2 heterocycles. The third kappa shape index (κ3) is 4.54. The van der Waals surface area contributed by atoms with Gasteiger partial charge in [0, 0.05) is 44.1 Å². The standard InChI is InChI=1S/C18H24N2O2S/c1-22-16-5-2-4-15(12-16)18(21)14-20-9-7-19(8-10-20)13-17-6-3-11-23-17/h2-6,11-12,18,21H,7-10,13-14H2,1H3. The minimum atomic E-state index is -0.464. The summed E-state index contributed by atoms with van der Waals surface area (Å²) in [6, 6.07) is 12.0. The number of rotatable bonds is 6. The van der Waals surface area contributed by atoms with Gasteiger partial charge in [-0.15, -0.1) is 11.3 Å². The molecule has 0 saturated carbocycles. The van der Waals surface area contributed by atoms with E-state index in [1.807, 2.05) is 35.6 Å². The molecule has 1 atom stereocenters. The second kappa shape index (κ2) is 7.93. The maximum atomic E-state index is 10.5. The molecule has 23 heavy (non-hydrogen) atoms. The van der Waals surface area contributed by atoms with Crippen LogP contribution in [0.25, 0.3) is 0 Å². The van der Waals surface area contributed by atoms with Crippen LogP contribution < -0.4 is 4.74 Å². The number of nitrogens with zero attached hydrogens (tertiary/aromatic N) is 2. The van der Waals surface area contributed by atoms with Crippen molar-refractivity contribution in [2.75, 3.05) is 39.8 Å². The summed E-state index contributed by atoms with van der Waals surface area (Å²) in [6.07, 6.45) is -0.464. The van der Waals surface area contributed by atoms with Gasteiger partial charge in [-0.05, 0) is 29.1 Å². The van der Waals surface area contributed by atoms with E-state index in [4.69, 9.17) is 4.74 Å². The lowest BCUT2D eigenvalue weighted by Crippen LogP contribution is -2.46. The van der Waals surface area contributed by atoms with Crippen LogP contribution in [0.15, 0.2) is 41.8 Å². The fourth-order valence-electron chi connectivity index (χ4n) is 2.95. The largest absolute Gasteiger partial charge is 0.497 e. The normalized spacial score (nSPS) is 18.0. The van der Waals surface area contributed by atoms with Crippen molar-refractivity contribution < 1.29 is 9.84 Å². The Balaban J connectivity index is 1.48. The molecular formula is C18H24N2O2S. The lowest BCUT2D eigenvalue weighted by molar-refractivity contribution is 0.0703. The van der Waals surface area contributed by atoms with Crippen LogP contribution in [0.1, 0.15) is 16.5 Å². The van der Waals surface area contributed by atoms with Gasteiger partial charge in [-0.2, -0.15) is 0 Å². The summed E-state index contributed by atoms with van der Waals surface area (Å²) in [5.74, 6) is 0.794. The highest BCUT2D eigenvalue weighted by molar-refractivity contribution is 7.09. The maximum absolute atomic E-state index is 10.5. The lowest BCUT2D eigenvalue weighted by Gasteiger charge is -2.35. The van der Waals surface area contributed by atoms with Crippen LogP contribution in [0, 0.1) is 0 Å². The summed E-state index contributed by atoms with van der Waals surface area (Å²) in [5.41, 5.74) is 0.922. The molecule has 3 rings (SSSR count). The van der Waals surface area contributed by atoms with Crippen molar-refractivity contribution in [2.24, 2.45) is 0 Å². The Bertz CT molecular complexity index is 595. The molecule has 1 fully saturated rings. The predicted molar refractivity (Wildman–Crippen MR) is 94.0 cm³/mol. The number of ether oxygens (including phenoxy) is 1. The zero-order valence-electron chi connectivity index (χ0n) is 13.5. The molecule has 0 aliphatic carbocycles. The molecule has 1 unspecified atom stereocenters. The molecule has 1 aliphatic rings. The number of piperazine rings is 1. The third-order valence-electron chi connectivity index (χ3n) is 4.33. The quantitative estimate of drug-likeness (QED) is 0.882. The average molecular weight is 332 g/mol. The van der Waals surface area contributed by atoms with Gasteiger partial charge < -0.3 is 9.84 Å². The zero-order chi connectivity index (χ0) is 16.1. The van der Waals surface area contributed by atoms with Gasteiger partial charge in [-0.1, -0.05) is 18.2 Å². The second-order valence-corrected chi connectivity index (χ2v) is 6.98. The number of hydrogen-bond acceptors (Lipinski definition) is 5. The summed E-state index contributed by atoms with van der Waals surface area (Å²) in [7, 11) is 1.65. The van der Waals surface area contributed by atoms with Crippen LogP contribution in [0.2, 0.25) is 0 Å². The van der Waals surface area contributed by atoms with Crippen molar-refractivity contribution in [3.05, 3.63) is 52.2 Å². The van der Waals surface area contributed by atoms with E-state index in [0.29, 0.717) is 6.54 Å². The van der Waals surface area contributed by atoms with E-state index in [2.05, 4.69) is 27.3 Å². The van der Waals surface area contributed by atoms with Crippen molar-refractivity contribution >= 4 is 11.3 Å². The van der Waals surface area contributed by atoms with Crippen LogP contribution in [0.5, 0.6) is 5.75 Å². The monoisotopic (exact) mass is 332 g/mol. The summed E-state index contributed by atoms with van der Waals surface area (Å²) in [4.78, 5) is 6.25. The fraction of sp³-hybridized carbons (Fsp3) is 0.444. The predicted octanol–water partition coefficient (Wildman–Crippen LogP) is 2.61. The van der Waals surface area contributed by atoms with Gasteiger partial charge in [0.15, 0.2) is 0 Å². The van der Waals surface area contributed by atoms with E-state index in [0.717, 1.165) is 44.0 Å². The molecule has 1 saturated heterocycles. The number of benzene rings is 1. The molecule has 2 aromatic rings. The summed E-state index contributed by atoms with van der Waals surface area (Å²) < 4.78 is 5.23. The molecule has 1 N–H and O–H groups in total. The number of hydrogen-bond donors (Lipinski definition) is 1. The van der Waals surface area contributed by atoms with E-state index in [9.17, 15) is 5.11 Å². The second-order valence-electron chi connectivity index (χ2n) is 5.95. The molecule has 1 aromatic carbocycles. The van der Waals surface area contributed by atoms with E-state index in [1.165, 1.54) is 4.88 Å². The zero-order valence-corrected chi connectivity index (χ0v) is 14.3. The first-order chi connectivity index (χ1) is 11.2. The molecular weight excluding hydrogens is 308 g/mol.